The van der Waals surface area contributed by atoms with Gasteiger partial charge in [0.1, 0.15) is 6.61 Å². The zero-order valence-electron chi connectivity index (χ0n) is 10.7. The Morgan fingerprint density at radius 3 is 2.79 bits per heavy atom. The summed E-state index contributed by atoms with van der Waals surface area (Å²) < 4.78 is 9.95. The lowest BCUT2D eigenvalue weighted by atomic mass is 10.2. The first-order chi connectivity index (χ1) is 9.15. The normalized spacial score (nSPS) is 10.0. The van der Waals surface area contributed by atoms with Gasteiger partial charge in [0.15, 0.2) is 0 Å². The number of carbonyl (C=O) groups is 1. The molecule has 19 heavy (non-hydrogen) atoms. The molecule has 2 aromatic rings. The van der Waals surface area contributed by atoms with Gasteiger partial charge >= 0.3 is 12.0 Å². The van der Waals surface area contributed by atoms with E-state index in [9.17, 15) is 4.79 Å². The topological polar surface area (TPSA) is 71.5 Å². The van der Waals surface area contributed by atoms with E-state index in [0.717, 1.165) is 5.56 Å². The average Bonchev–Trinajstić information content (AvgIpc) is 2.86. The molecule has 2 rings (SSSR count). The van der Waals surface area contributed by atoms with E-state index in [4.69, 9.17) is 9.26 Å². The Labute approximate surface area is 110 Å². The van der Waals surface area contributed by atoms with Gasteiger partial charge in [-0.3, -0.25) is 9.84 Å². The van der Waals surface area contributed by atoms with E-state index < -0.39 is 6.09 Å². The molecule has 0 bridgehead atoms. The lowest BCUT2D eigenvalue weighted by molar-refractivity contribution is -0.753. The van der Waals surface area contributed by atoms with Crippen LogP contribution in [-0.4, -0.2) is 25.5 Å². The standard InChI is InChI=1S/C12H14N4O3/c1-15(2)16-8-11(19-14-16)13-12(17)18-9-10-6-4-3-5-7-10/h3-8H,9H2,1-2H3/p+1. The Morgan fingerprint density at radius 1 is 1.42 bits per heavy atom. The van der Waals surface area contributed by atoms with Crippen LogP contribution in [0.25, 0.3) is 0 Å². The van der Waals surface area contributed by atoms with Crippen LogP contribution in [0, 0.1) is 0 Å². The third-order valence-electron chi connectivity index (χ3n) is 2.30. The van der Waals surface area contributed by atoms with Gasteiger partial charge in [-0.1, -0.05) is 30.3 Å². The van der Waals surface area contributed by atoms with E-state index >= 15 is 0 Å². The summed E-state index contributed by atoms with van der Waals surface area (Å²) in [5, 5.41) is 7.82. The molecular formula is C12H15N4O3+. The smallest absolute Gasteiger partial charge is 0.414 e. The summed E-state index contributed by atoms with van der Waals surface area (Å²) in [6.45, 7) is 0.203. The van der Waals surface area contributed by atoms with Gasteiger partial charge in [0.05, 0.1) is 18.9 Å². The number of carbonyl (C=O) groups excluding carboxylic acids is 1. The second-order valence-corrected chi connectivity index (χ2v) is 4.02. The van der Waals surface area contributed by atoms with Gasteiger partial charge < -0.3 is 4.74 Å². The van der Waals surface area contributed by atoms with Crippen molar-refractivity contribution in [1.29, 1.82) is 0 Å². The molecule has 1 heterocycles. The average molecular weight is 263 g/mol. The number of benzene rings is 1. The number of nitrogens with zero attached hydrogens (tertiary/aromatic N) is 3. The van der Waals surface area contributed by atoms with Crippen molar-refractivity contribution in [2.45, 2.75) is 6.61 Å². The summed E-state index contributed by atoms with van der Waals surface area (Å²) in [5.74, 6) is 0.215. The number of hydrogen-bond acceptors (Lipinski definition) is 5. The Bertz CT molecular complexity index is 539. The first-order valence-corrected chi connectivity index (χ1v) is 5.69. The predicted molar refractivity (Wildman–Crippen MR) is 67.0 cm³/mol. The highest BCUT2D eigenvalue weighted by molar-refractivity contribution is 5.82. The number of hydrogen-bond donors (Lipinski definition) is 1. The molecule has 0 fully saturated rings. The third-order valence-corrected chi connectivity index (χ3v) is 2.30. The SMILES string of the molecule is CN(C)[n+]1cc(NC(=O)OCc2ccccc2)on1. The molecule has 1 N–H and O–H groups in total. The van der Waals surface area contributed by atoms with Crippen LogP contribution in [0.1, 0.15) is 5.56 Å². The van der Waals surface area contributed by atoms with Crippen LogP contribution in [0.15, 0.2) is 41.1 Å². The van der Waals surface area contributed by atoms with Crippen LogP contribution < -0.4 is 15.1 Å². The molecule has 100 valence electrons. The van der Waals surface area contributed by atoms with Gasteiger partial charge in [-0.15, -0.1) is 0 Å². The molecule has 7 heteroatoms. The lowest BCUT2D eigenvalue weighted by Gasteiger charge is -2.03. The predicted octanol–water partition coefficient (Wildman–Crippen LogP) is 0.908. The number of aromatic nitrogens is 2. The monoisotopic (exact) mass is 263 g/mol. The highest BCUT2D eigenvalue weighted by Gasteiger charge is 2.16. The van der Waals surface area contributed by atoms with E-state index in [1.54, 1.807) is 19.1 Å². The molecule has 7 nitrogen and oxygen atoms in total. The molecule has 0 saturated carbocycles. The summed E-state index contributed by atoms with van der Waals surface area (Å²) in [6, 6.07) is 9.42. The van der Waals surface area contributed by atoms with Crippen molar-refractivity contribution in [3.05, 3.63) is 42.1 Å². The van der Waals surface area contributed by atoms with Crippen molar-refractivity contribution in [2.75, 3.05) is 24.4 Å². The van der Waals surface area contributed by atoms with Gasteiger partial charge in [-0.05, 0) is 5.56 Å². The summed E-state index contributed by atoms with van der Waals surface area (Å²) in [7, 11) is 3.58. The van der Waals surface area contributed by atoms with E-state index in [2.05, 4.69) is 10.6 Å². The number of rotatable bonds is 4. The van der Waals surface area contributed by atoms with Crippen LogP contribution in [0.2, 0.25) is 0 Å². The Hall–Kier alpha value is -2.57. The van der Waals surface area contributed by atoms with Crippen molar-refractivity contribution < 1.29 is 18.8 Å². The van der Waals surface area contributed by atoms with Crippen LogP contribution in [0.5, 0.6) is 0 Å². The molecule has 0 atom stereocenters. The molecule has 0 aliphatic carbocycles. The first-order valence-electron chi connectivity index (χ1n) is 5.69. The van der Waals surface area contributed by atoms with Gasteiger partial charge in [-0.2, -0.15) is 5.01 Å². The molecule has 0 radical (unpaired) electrons. The maximum Gasteiger partial charge on any atom is 0.414 e. The molecule has 0 unspecified atom stereocenters. The van der Waals surface area contributed by atoms with Gasteiger partial charge in [0, 0.05) is 0 Å². The minimum atomic E-state index is -0.592. The molecular weight excluding hydrogens is 248 g/mol. The van der Waals surface area contributed by atoms with Crippen LogP contribution >= 0.6 is 0 Å². The van der Waals surface area contributed by atoms with E-state index in [0.29, 0.717) is 0 Å². The fraction of sp³-hybridized carbons (Fsp3) is 0.250. The Kier molecular flexibility index (Phi) is 3.97. The maximum atomic E-state index is 11.5. The first kappa shape index (κ1) is 12.9. The summed E-state index contributed by atoms with van der Waals surface area (Å²) in [5.41, 5.74) is 0.915. The molecule has 0 saturated heterocycles. The molecule has 0 aliphatic rings. The summed E-state index contributed by atoms with van der Waals surface area (Å²) >= 11 is 0. The van der Waals surface area contributed by atoms with Gasteiger partial charge in [0.2, 0.25) is 5.27 Å². The number of amides is 1. The van der Waals surface area contributed by atoms with Crippen molar-refractivity contribution in [3.8, 4) is 0 Å². The van der Waals surface area contributed by atoms with Crippen molar-refractivity contribution in [1.82, 2.24) is 5.27 Å². The fourth-order valence-electron chi connectivity index (χ4n) is 1.34. The lowest BCUT2D eigenvalue weighted by Crippen LogP contribution is -2.53. The number of ether oxygens (including phenoxy) is 1. The number of anilines is 1. The molecule has 0 aliphatic heterocycles. The minimum Gasteiger partial charge on any atom is -0.444 e. The van der Waals surface area contributed by atoms with E-state index in [1.807, 2.05) is 30.3 Å². The Morgan fingerprint density at radius 2 is 2.16 bits per heavy atom. The summed E-state index contributed by atoms with van der Waals surface area (Å²) in [4.78, 5) is 13.0. The quantitative estimate of drug-likeness (QED) is 0.830. The Balaban J connectivity index is 1.84. The van der Waals surface area contributed by atoms with Crippen molar-refractivity contribution >= 4 is 12.0 Å². The number of nitrogens with one attached hydrogen (secondary N) is 1. The zero-order valence-corrected chi connectivity index (χ0v) is 10.7. The van der Waals surface area contributed by atoms with E-state index in [1.165, 1.54) is 11.0 Å². The van der Waals surface area contributed by atoms with Crippen molar-refractivity contribution in [3.63, 3.8) is 0 Å². The van der Waals surface area contributed by atoms with Gasteiger partial charge in [0.25, 0.3) is 6.20 Å². The second kappa shape index (κ2) is 5.85. The van der Waals surface area contributed by atoms with Gasteiger partial charge in [-0.25, -0.2) is 4.79 Å². The molecule has 1 aromatic heterocycles. The van der Waals surface area contributed by atoms with Crippen LogP contribution in [0.4, 0.5) is 10.7 Å². The van der Waals surface area contributed by atoms with Crippen LogP contribution in [0.3, 0.4) is 0 Å². The maximum absolute atomic E-state index is 11.5. The summed E-state index contributed by atoms with van der Waals surface area (Å²) in [6.07, 6.45) is 0.940. The third kappa shape index (κ3) is 3.70. The van der Waals surface area contributed by atoms with Crippen molar-refractivity contribution in [2.24, 2.45) is 0 Å². The molecule has 0 spiro atoms. The highest BCUT2D eigenvalue weighted by atomic mass is 16.6. The molecule has 1 amide bonds. The largest absolute Gasteiger partial charge is 0.444 e. The van der Waals surface area contributed by atoms with Crippen LogP contribution in [-0.2, 0) is 11.3 Å². The highest BCUT2D eigenvalue weighted by Crippen LogP contribution is 2.04. The minimum absolute atomic E-state index is 0.203. The second-order valence-electron chi connectivity index (χ2n) is 4.02. The zero-order chi connectivity index (χ0) is 13.7. The fourth-order valence-corrected chi connectivity index (χ4v) is 1.34. The molecule has 1 aromatic carbocycles. The van der Waals surface area contributed by atoms with E-state index in [-0.39, 0.29) is 12.5 Å².